The second-order valence-corrected chi connectivity index (χ2v) is 5.84. The zero-order chi connectivity index (χ0) is 12.3. The van der Waals surface area contributed by atoms with Gasteiger partial charge in [0.1, 0.15) is 0 Å². The Bertz CT molecular complexity index is 370. The Hall–Kier alpha value is -0.600. The molecule has 0 spiro atoms. The van der Waals surface area contributed by atoms with Crippen LogP contribution in [0, 0.1) is 5.41 Å². The van der Waals surface area contributed by atoms with Crippen molar-refractivity contribution in [3.8, 4) is 0 Å². The van der Waals surface area contributed by atoms with Crippen molar-refractivity contribution in [3.63, 3.8) is 0 Å². The van der Waals surface area contributed by atoms with Gasteiger partial charge >= 0.3 is 0 Å². The molecule has 0 bridgehead atoms. The van der Waals surface area contributed by atoms with Crippen molar-refractivity contribution in [2.75, 3.05) is 13.1 Å². The molecule has 2 nitrogen and oxygen atoms in total. The molecule has 0 aliphatic carbocycles. The summed E-state index contributed by atoms with van der Waals surface area (Å²) in [6.07, 6.45) is 5.67. The van der Waals surface area contributed by atoms with Gasteiger partial charge in [0.05, 0.1) is 5.69 Å². The molecule has 1 aliphatic rings. The van der Waals surface area contributed by atoms with Crippen molar-refractivity contribution in [3.05, 3.63) is 29.0 Å². The zero-order valence-corrected chi connectivity index (χ0v) is 11.5. The van der Waals surface area contributed by atoms with Gasteiger partial charge in [-0.15, -0.1) is 0 Å². The molecule has 94 valence electrons. The molecule has 0 unspecified atom stereocenters. The Balaban J connectivity index is 1.90. The average molecular weight is 253 g/mol. The molecule has 0 amide bonds. The minimum Gasteiger partial charge on any atom is -0.297 e. The number of aromatic nitrogens is 1. The summed E-state index contributed by atoms with van der Waals surface area (Å²) >= 11 is 5.97. The second-order valence-electron chi connectivity index (χ2n) is 5.41. The van der Waals surface area contributed by atoms with Crippen LogP contribution in [0.4, 0.5) is 0 Å². The fourth-order valence-electron chi connectivity index (χ4n) is 2.37. The van der Waals surface area contributed by atoms with E-state index in [0.717, 1.165) is 17.3 Å². The van der Waals surface area contributed by atoms with Gasteiger partial charge in [-0.2, -0.15) is 0 Å². The van der Waals surface area contributed by atoms with Crippen molar-refractivity contribution < 1.29 is 0 Å². The number of nitrogens with zero attached hydrogens (tertiary/aromatic N) is 2. The summed E-state index contributed by atoms with van der Waals surface area (Å²) in [5, 5.41) is 0.783. The van der Waals surface area contributed by atoms with Crippen molar-refractivity contribution in [1.82, 2.24) is 9.88 Å². The molecule has 2 heterocycles. The fourth-order valence-corrected chi connectivity index (χ4v) is 2.55. The number of hydrogen-bond acceptors (Lipinski definition) is 2. The van der Waals surface area contributed by atoms with Gasteiger partial charge in [0.15, 0.2) is 0 Å². The van der Waals surface area contributed by atoms with Crippen LogP contribution < -0.4 is 0 Å². The average Bonchev–Trinajstić information content (AvgIpc) is 2.33. The topological polar surface area (TPSA) is 16.1 Å². The number of hydrogen-bond donors (Lipinski definition) is 0. The molecule has 1 saturated heterocycles. The molecule has 1 aromatic heterocycles. The lowest BCUT2D eigenvalue weighted by molar-refractivity contribution is 0.109. The van der Waals surface area contributed by atoms with E-state index in [0.29, 0.717) is 5.41 Å². The van der Waals surface area contributed by atoms with Gasteiger partial charge in [-0.3, -0.25) is 9.88 Å². The van der Waals surface area contributed by atoms with E-state index >= 15 is 0 Å². The van der Waals surface area contributed by atoms with Crippen molar-refractivity contribution in [2.45, 2.75) is 39.7 Å². The third-order valence-corrected chi connectivity index (χ3v) is 4.32. The normalized spacial score (nSPS) is 20.4. The molecule has 0 atom stereocenters. The molecule has 1 aliphatic heterocycles. The highest BCUT2D eigenvalue weighted by Gasteiger charge is 2.28. The van der Waals surface area contributed by atoms with Gasteiger partial charge < -0.3 is 0 Å². The van der Waals surface area contributed by atoms with Crippen LogP contribution in [0.1, 0.15) is 38.8 Å². The number of piperidine rings is 1. The molecule has 0 N–H and O–H groups in total. The van der Waals surface area contributed by atoms with Crippen LogP contribution in [0.15, 0.2) is 18.3 Å². The molecule has 2 rings (SSSR count). The minimum absolute atomic E-state index is 0.554. The molecule has 0 saturated carbocycles. The smallest absolute Gasteiger partial charge is 0.0558 e. The summed E-state index contributed by atoms with van der Waals surface area (Å²) in [4.78, 5) is 6.85. The Kier molecular flexibility index (Phi) is 4.05. The van der Waals surface area contributed by atoms with Crippen LogP contribution in [0.25, 0.3) is 0 Å². The lowest BCUT2D eigenvalue weighted by atomic mass is 9.78. The minimum atomic E-state index is 0.554. The van der Waals surface area contributed by atoms with E-state index in [1.807, 2.05) is 12.1 Å². The first-order valence-corrected chi connectivity index (χ1v) is 6.82. The van der Waals surface area contributed by atoms with E-state index < -0.39 is 0 Å². The third kappa shape index (κ3) is 3.43. The number of halogens is 1. The highest BCUT2D eigenvalue weighted by Crippen LogP contribution is 2.34. The van der Waals surface area contributed by atoms with Gasteiger partial charge in [-0.1, -0.05) is 31.9 Å². The van der Waals surface area contributed by atoms with Crippen LogP contribution in [0.2, 0.25) is 5.02 Å². The van der Waals surface area contributed by atoms with E-state index in [9.17, 15) is 0 Å². The van der Waals surface area contributed by atoms with Crippen LogP contribution in [-0.4, -0.2) is 23.0 Å². The Labute approximate surface area is 109 Å². The van der Waals surface area contributed by atoms with Crippen molar-refractivity contribution in [1.29, 1.82) is 0 Å². The van der Waals surface area contributed by atoms with Gasteiger partial charge in [0, 0.05) is 17.8 Å². The zero-order valence-electron chi connectivity index (χ0n) is 10.7. The lowest BCUT2D eigenvalue weighted by Crippen LogP contribution is -2.38. The Morgan fingerprint density at radius 1 is 1.41 bits per heavy atom. The fraction of sp³-hybridized carbons (Fsp3) is 0.643. The summed E-state index contributed by atoms with van der Waals surface area (Å²) < 4.78 is 0. The van der Waals surface area contributed by atoms with Gasteiger partial charge in [0.25, 0.3) is 0 Å². The van der Waals surface area contributed by atoms with Crippen molar-refractivity contribution >= 4 is 11.6 Å². The largest absolute Gasteiger partial charge is 0.297 e. The molecule has 0 aromatic carbocycles. The third-order valence-electron chi connectivity index (χ3n) is 4.08. The van der Waals surface area contributed by atoms with Crippen LogP contribution in [0.5, 0.6) is 0 Å². The summed E-state index contributed by atoms with van der Waals surface area (Å²) in [6.45, 7) is 7.99. The molecule has 3 heteroatoms. The molecular formula is C14H21ClN2. The van der Waals surface area contributed by atoms with Crippen LogP contribution >= 0.6 is 11.6 Å². The van der Waals surface area contributed by atoms with Crippen molar-refractivity contribution in [2.24, 2.45) is 5.41 Å². The molecule has 17 heavy (non-hydrogen) atoms. The monoisotopic (exact) mass is 252 g/mol. The van der Waals surface area contributed by atoms with Gasteiger partial charge in [-0.05, 0) is 43.5 Å². The maximum atomic E-state index is 5.97. The predicted octanol–water partition coefficient (Wildman–Crippen LogP) is 3.75. The Morgan fingerprint density at radius 2 is 2.12 bits per heavy atom. The van der Waals surface area contributed by atoms with E-state index in [1.54, 1.807) is 6.20 Å². The van der Waals surface area contributed by atoms with E-state index in [-0.39, 0.29) is 0 Å². The number of likely N-dealkylation sites (tertiary alicyclic amines) is 1. The predicted molar refractivity (Wildman–Crippen MR) is 72.2 cm³/mol. The first-order chi connectivity index (χ1) is 8.11. The first kappa shape index (κ1) is 12.8. The highest BCUT2D eigenvalue weighted by molar-refractivity contribution is 6.30. The standard InChI is InChI=1S/C14H21ClN2/c1-3-14(2)5-8-17(9-6-14)11-13-10-12(15)4-7-16-13/h4,7,10H,3,5-6,8-9,11H2,1-2H3. The Morgan fingerprint density at radius 3 is 2.71 bits per heavy atom. The molecule has 0 radical (unpaired) electrons. The van der Waals surface area contributed by atoms with Gasteiger partial charge in [-0.25, -0.2) is 0 Å². The first-order valence-electron chi connectivity index (χ1n) is 6.44. The highest BCUT2D eigenvalue weighted by atomic mass is 35.5. The lowest BCUT2D eigenvalue weighted by Gasteiger charge is -2.38. The second kappa shape index (κ2) is 5.36. The maximum absolute atomic E-state index is 5.97. The number of pyridine rings is 1. The molecule has 1 fully saturated rings. The summed E-state index contributed by atoms with van der Waals surface area (Å²) in [7, 11) is 0. The van der Waals surface area contributed by atoms with Crippen LogP contribution in [0.3, 0.4) is 0 Å². The van der Waals surface area contributed by atoms with E-state index in [2.05, 4.69) is 23.7 Å². The SMILES string of the molecule is CCC1(C)CCN(Cc2cc(Cl)ccn2)CC1. The summed E-state index contributed by atoms with van der Waals surface area (Å²) in [6, 6.07) is 3.80. The van der Waals surface area contributed by atoms with Crippen LogP contribution in [-0.2, 0) is 6.54 Å². The quantitative estimate of drug-likeness (QED) is 0.815. The van der Waals surface area contributed by atoms with E-state index in [4.69, 9.17) is 11.6 Å². The summed E-state index contributed by atoms with van der Waals surface area (Å²) in [5.41, 5.74) is 1.63. The molecule has 1 aromatic rings. The summed E-state index contributed by atoms with van der Waals surface area (Å²) in [5.74, 6) is 0. The van der Waals surface area contributed by atoms with Gasteiger partial charge in [0.2, 0.25) is 0 Å². The number of rotatable bonds is 3. The van der Waals surface area contributed by atoms with E-state index in [1.165, 1.54) is 32.4 Å². The maximum Gasteiger partial charge on any atom is 0.0558 e. The molecular weight excluding hydrogens is 232 g/mol.